The number of carbonyl (C=O) groups excluding carboxylic acids is 1. The molecule has 0 saturated heterocycles. The Hall–Kier alpha value is -1.42. The topological polar surface area (TPSA) is 77.9 Å². The first-order chi connectivity index (χ1) is 8.65. The van der Waals surface area contributed by atoms with E-state index in [-0.39, 0.29) is 5.91 Å². The Morgan fingerprint density at radius 1 is 1.33 bits per heavy atom. The van der Waals surface area contributed by atoms with Gasteiger partial charge in [-0.3, -0.25) is 4.79 Å². The first-order valence-corrected chi connectivity index (χ1v) is 6.15. The van der Waals surface area contributed by atoms with Crippen LogP contribution in [0.5, 0.6) is 0 Å². The van der Waals surface area contributed by atoms with E-state index in [0.29, 0.717) is 28.7 Å². The van der Waals surface area contributed by atoms with Crippen LogP contribution in [0, 0.1) is 0 Å². The summed E-state index contributed by atoms with van der Waals surface area (Å²) in [7, 11) is 0. The van der Waals surface area contributed by atoms with Crippen LogP contribution in [-0.4, -0.2) is 19.0 Å². The van der Waals surface area contributed by atoms with Crippen molar-refractivity contribution in [1.29, 1.82) is 0 Å². The van der Waals surface area contributed by atoms with E-state index in [4.69, 9.17) is 28.7 Å². The number of azide groups is 1. The Morgan fingerprint density at radius 2 is 2.11 bits per heavy atom. The minimum atomic E-state index is -0.197. The third-order valence-electron chi connectivity index (χ3n) is 2.22. The molecule has 0 aliphatic carbocycles. The Morgan fingerprint density at radius 3 is 2.78 bits per heavy atom. The number of carbonyl (C=O) groups is 1. The average Bonchev–Trinajstić information content (AvgIpc) is 2.36. The van der Waals surface area contributed by atoms with Gasteiger partial charge in [-0.1, -0.05) is 28.3 Å². The van der Waals surface area contributed by atoms with Gasteiger partial charge in [-0.2, -0.15) is 0 Å². The van der Waals surface area contributed by atoms with E-state index in [9.17, 15) is 4.79 Å². The molecular weight excluding hydrogens is 275 g/mol. The number of hydrogen-bond acceptors (Lipinski definition) is 2. The highest BCUT2D eigenvalue weighted by Crippen LogP contribution is 2.22. The number of rotatable bonds is 6. The summed E-state index contributed by atoms with van der Waals surface area (Å²) in [6.07, 6.45) is 1.50. The third-order valence-corrected chi connectivity index (χ3v) is 2.95. The van der Waals surface area contributed by atoms with Crippen molar-refractivity contribution in [1.82, 2.24) is 5.32 Å². The van der Waals surface area contributed by atoms with Gasteiger partial charge in [0.25, 0.3) is 5.91 Å². The lowest BCUT2D eigenvalue weighted by atomic mass is 10.2. The van der Waals surface area contributed by atoms with E-state index >= 15 is 0 Å². The fourth-order valence-electron chi connectivity index (χ4n) is 1.29. The fourth-order valence-corrected chi connectivity index (χ4v) is 1.59. The highest BCUT2D eigenvalue weighted by molar-refractivity contribution is 6.42. The van der Waals surface area contributed by atoms with Crippen molar-refractivity contribution in [3.8, 4) is 0 Å². The molecule has 0 aliphatic heterocycles. The van der Waals surface area contributed by atoms with Crippen molar-refractivity contribution >= 4 is 29.1 Å². The lowest BCUT2D eigenvalue weighted by molar-refractivity contribution is 0.0953. The van der Waals surface area contributed by atoms with Gasteiger partial charge in [-0.25, -0.2) is 0 Å². The van der Waals surface area contributed by atoms with E-state index < -0.39 is 0 Å². The molecule has 1 amide bonds. The standard InChI is InChI=1S/C11H12Cl2N4O/c12-9-4-3-8(7-10(9)13)11(18)15-5-1-2-6-16-17-14/h3-4,7H,1-2,5-6H2,(H,15,18). The summed E-state index contributed by atoms with van der Waals surface area (Å²) >= 11 is 11.6. The number of nitrogens with one attached hydrogen (secondary N) is 1. The SMILES string of the molecule is [N-]=[N+]=NCCCCNC(=O)c1ccc(Cl)c(Cl)c1. The average molecular weight is 287 g/mol. The Balaban J connectivity index is 2.36. The van der Waals surface area contributed by atoms with E-state index in [2.05, 4.69) is 15.3 Å². The normalized spacial score (nSPS) is 9.67. The molecule has 0 atom stereocenters. The zero-order valence-corrected chi connectivity index (χ0v) is 11.1. The van der Waals surface area contributed by atoms with Gasteiger partial charge < -0.3 is 5.32 Å². The Kier molecular flexibility index (Phi) is 6.36. The highest BCUT2D eigenvalue weighted by atomic mass is 35.5. The molecule has 0 heterocycles. The van der Waals surface area contributed by atoms with Gasteiger partial charge in [0.2, 0.25) is 0 Å². The van der Waals surface area contributed by atoms with Crippen molar-refractivity contribution < 1.29 is 4.79 Å². The lowest BCUT2D eigenvalue weighted by Gasteiger charge is -2.05. The molecule has 0 radical (unpaired) electrons. The third kappa shape index (κ3) is 4.84. The highest BCUT2D eigenvalue weighted by Gasteiger charge is 2.06. The Labute approximate surface area is 115 Å². The zero-order chi connectivity index (χ0) is 13.4. The second-order valence-electron chi connectivity index (χ2n) is 3.55. The van der Waals surface area contributed by atoms with Crippen molar-refractivity contribution in [3.63, 3.8) is 0 Å². The molecule has 18 heavy (non-hydrogen) atoms. The van der Waals surface area contributed by atoms with Gasteiger partial charge in [0.1, 0.15) is 0 Å². The quantitative estimate of drug-likeness (QED) is 0.367. The first kappa shape index (κ1) is 14.6. The number of halogens is 2. The molecule has 0 aromatic heterocycles. The van der Waals surface area contributed by atoms with Crippen LogP contribution in [0.25, 0.3) is 10.4 Å². The summed E-state index contributed by atoms with van der Waals surface area (Å²) in [5, 5.41) is 6.92. The van der Waals surface area contributed by atoms with E-state index in [1.54, 1.807) is 12.1 Å². The summed E-state index contributed by atoms with van der Waals surface area (Å²) in [5.41, 5.74) is 8.55. The summed E-state index contributed by atoms with van der Waals surface area (Å²) in [6.45, 7) is 0.971. The van der Waals surface area contributed by atoms with E-state index in [1.165, 1.54) is 6.07 Å². The van der Waals surface area contributed by atoms with Crippen LogP contribution >= 0.6 is 23.2 Å². The summed E-state index contributed by atoms with van der Waals surface area (Å²) in [5.74, 6) is -0.197. The number of nitrogens with zero attached hydrogens (tertiary/aromatic N) is 3. The van der Waals surface area contributed by atoms with Crippen LogP contribution in [0.2, 0.25) is 10.0 Å². The zero-order valence-electron chi connectivity index (χ0n) is 9.57. The van der Waals surface area contributed by atoms with E-state index in [1.807, 2.05) is 0 Å². The Bertz CT molecular complexity index is 472. The number of benzene rings is 1. The molecule has 0 saturated carbocycles. The van der Waals surface area contributed by atoms with Crippen LogP contribution in [0.3, 0.4) is 0 Å². The molecule has 0 bridgehead atoms. The maximum absolute atomic E-state index is 11.7. The molecule has 1 N–H and O–H groups in total. The second kappa shape index (κ2) is 7.82. The van der Waals surface area contributed by atoms with Gasteiger partial charge in [-0.15, -0.1) is 0 Å². The molecule has 0 spiro atoms. The maximum atomic E-state index is 11.7. The molecule has 0 fully saturated rings. The summed E-state index contributed by atoms with van der Waals surface area (Å²) < 4.78 is 0. The minimum Gasteiger partial charge on any atom is -0.352 e. The molecule has 0 unspecified atom stereocenters. The first-order valence-electron chi connectivity index (χ1n) is 5.39. The van der Waals surface area contributed by atoms with Gasteiger partial charge in [-0.05, 0) is 36.6 Å². The maximum Gasteiger partial charge on any atom is 0.251 e. The van der Waals surface area contributed by atoms with Crippen LogP contribution in [0.15, 0.2) is 23.3 Å². The monoisotopic (exact) mass is 286 g/mol. The molecule has 0 aliphatic rings. The van der Waals surface area contributed by atoms with Crippen LogP contribution < -0.4 is 5.32 Å². The van der Waals surface area contributed by atoms with E-state index in [0.717, 1.165) is 12.8 Å². The van der Waals surface area contributed by atoms with Gasteiger partial charge in [0.15, 0.2) is 0 Å². The molecule has 1 aromatic rings. The van der Waals surface area contributed by atoms with Crippen molar-refractivity contribution in [3.05, 3.63) is 44.3 Å². The predicted molar refractivity (Wildman–Crippen MR) is 72.0 cm³/mol. The minimum absolute atomic E-state index is 0.197. The molecule has 96 valence electrons. The van der Waals surface area contributed by atoms with Crippen molar-refractivity contribution in [2.75, 3.05) is 13.1 Å². The number of amides is 1. The fraction of sp³-hybridized carbons (Fsp3) is 0.364. The molecular formula is C11H12Cl2N4O. The molecule has 1 aromatic carbocycles. The van der Waals surface area contributed by atoms with Gasteiger partial charge in [0.05, 0.1) is 10.0 Å². The summed E-state index contributed by atoms with van der Waals surface area (Å²) in [4.78, 5) is 14.3. The van der Waals surface area contributed by atoms with Crippen LogP contribution in [0.4, 0.5) is 0 Å². The van der Waals surface area contributed by atoms with Crippen LogP contribution in [-0.2, 0) is 0 Å². The smallest absolute Gasteiger partial charge is 0.251 e. The molecule has 7 heteroatoms. The molecule has 1 rings (SSSR count). The van der Waals surface area contributed by atoms with Crippen molar-refractivity contribution in [2.45, 2.75) is 12.8 Å². The number of hydrogen-bond donors (Lipinski definition) is 1. The summed E-state index contributed by atoms with van der Waals surface area (Å²) in [6, 6.07) is 4.73. The largest absolute Gasteiger partial charge is 0.352 e. The molecule has 5 nitrogen and oxygen atoms in total. The van der Waals surface area contributed by atoms with Crippen LogP contribution in [0.1, 0.15) is 23.2 Å². The number of unbranched alkanes of at least 4 members (excludes halogenated alkanes) is 1. The lowest BCUT2D eigenvalue weighted by Crippen LogP contribution is -2.24. The predicted octanol–water partition coefficient (Wildman–Crippen LogP) is 3.81. The van der Waals surface area contributed by atoms with Gasteiger partial charge in [0, 0.05) is 23.6 Å². The van der Waals surface area contributed by atoms with Gasteiger partial charge >= 0.3 is 0 Å². The van der Waals surface area contributed by atoms with Crippen molar-refractivity contribution in [2.24, 2.45) is 5.11 Å². The second-order valence-corrected chi connectivity index (χ2v) is 4.36.